The van der Waals surface area contributed by atoms with E-state index in [4.69, 9.17) is 0 Å². The molecule has 0 N–H and O–H groups in total. The molecule has 0 spiro atoms. The molecule has 1 aliphatic rings. The van der Waals surface area contributed by atoms with E-state index < -0.39 is 0 Å². The first-order valence-electron chi connectivity index (χ1n) is 5.98. The van der Waals surface area contributed by atoms with E-state index in [0.717, 1.165) is 26.1 Å². The van der Waals surface area contributed by atoms with Gasteiger partial charge in [-0.2, -0.15) is 4.37 Å². The average molecular weight is 238 g/mol. The van der Waals surface area contributed by atoms with Crippen molar-refractivity contribution in [3.63, 3.8) is 0 Å². The molecule has 1 aromatic heterocycles. The van der Waals surface area contributed by atoms with Crippen molar-refractivity contribution >= 4 is 17.3 Å². The third-order valence-electron chi connectivity index (χ3n) is 3.23. The van der Waals surface area contributed by atoms with Crippen LogP contribution >= 0.6 is 11.5 Å². The fourth-order valence-corrected chi connectivity index (χ4v) is 2.74. The molecule has 1 aromatic rings. The highest BCUT2D eigenvalue weighted by Crippen LogP contribution is 2.17. The third-order valence-corrected chi connectivity index (χ3v) is 3.79. The summed E-state index contributed by atoms with van der Waals surface area (Å²) in [6, 6.07) is 1.83. The van der Waals surface area contributed by atoms with Gasteiger partial charge in [-0.15, -0.1) is 0 Å². The second kappa shape index (κ2) is 5.55. The molecule has 2 heterocycles. The van der Waals surface area contributed by atoms with Crippen LogP contribution in [0.1, 0.15) is 36.7 Å². The lowest BCUT2D eigenvalue weighted by Gasteiger charge is -2.20. The maximum atomic E-state index is 12.1. The van der Waals surface area contributed by atoms with Crippen molar-refractivity contribution in [3.8, 4) is 0 Å². The van der Waals surface area contributed by atoms with Gasteiger partial charge in [-0.05, 0) is 50.0 Å². The van der Waals surface area contributed by atoms with Crippen LogP contribution in [0.25, 0.3) is 0 Å². The van der Waals surface area contributed by atoms with Gasteiger partial charge in [0.05, 0.1) is 0 Å². The Labute approximate surface area is 101 Å². The van der Waals surface area contributed by atoms with Crippen LogP contribution in [0.4, 0.5) is 0 Å². The van der Waals surface area contributed by atoms with Crippen LogP contribution in [0.2, 0.25) is 0 Å². The van der Waals surface area contributed by atoms with Crippen molar-refractivity contribution in [2.24, 2.45) is 5.92 Å². The molecule has 1 aliphatic heterocycles. The predicted molar refractivity (Wildman–Crippen MR) is 65.9 cm³/mol. The fourth-order valence-electron chi connectivity index (χ4n) is 2.22. The number of hydrogen-bond donors (Lipinski definition) is 0. The lowest BCUT2D eigenvalue weighted by molar-refractivity contribution is 0.0881. The van der Waals surface area contributed by atoms with E-state index in [0.29, 0.717) is 5.69 Å². The molecule has 0 aliphatic carbocycles. The van der Waals surface area contributed by atoms with Gasteiger partial charge in [-0.1, -0.05) is 6.92 Å². The maximum Gasteiger partial charge on any atom is 0.186 e. The van der Waals surface area contributed by atoms with Gasteiger partial charge < -0.3 is 4.90 Å². The number of ketones is 1. The number of aromatic nitrogens is 1. The Morgan fingerprint density at radius 3 is 2.88 bits per heavy atom. The summed E-state index contributed by atoms with van der Waals surface area (Å²) in [7, 11) is 0. The molecular weight excluding hydrogens is 220 g/mol. The van der Waals surface area contributed by atoms with E-state index in [9.17, 15) is 4.79 Å². The first-order chi connectivity index (χ1) is 7.81. The van der Waals surface area contributed by atoms with Crippen molar-refractivity contribution in [3.05, 3.63) is 17.1 Å². The number of carbonyl (C=O) groups excluding carboxylic acids is 1. The Bertz CT molecular complexity index is 331. The molecule has 1 atom stereocenters. The molecule has 0 aromatic carbocycles. The molecule has 4 heteroatoms. The minimum atomic E-state index is 0.125. The molecule has 1 unspecified atom stereocenters. The van der Waals surface area contributed by atoms with Crippen LogP contribution in [0, 0.1) is 5.92 Å². The summed E-state index contributed by atoms with van der Waals surface area (Å²) in [5.74, 6) is 0.343. The maximum absolute atomic E-state index is 12.1. The van der Waals surface area contributed by atoms with Gasteiger partial charge in [0.1, 0.15) is 5.69 Å². The Balaban J connectivity index is 1.96. The van der Waals surface area contributed by atoms with E-state index in [1.54, 1.807) is 0 Å². The van der Waals surface area contributed by atoms with Gasteiger partial charge in [0.2, 0.25) is 0 Å². The molecule has 88 valence electrons. The topological polar surface area (TPSA) is 33.2 Å². The Kier molecular flexibility index (Phi) is 4.07. The highest BCUT2D eigenvalue weighted by Gasteiger charge is 2.23. The van der Waals surface area contributed by atoms with Gasteiger partial charge >= 0.3 is 0 Å². The Hall–Kier alpha value is -0.740. The molecule has 0 saturated carbocycles. The van der Waals surface area contributed by atoms with Crippen LogP contribution in [0.15, 0.2) is 11.4 Å². The van der Waals surface area contributed by atoms with Gasteiger partial charge in [0, 0.05) is 17.8 Å². The number of Topliss-reactive ketones (excluding diaryl/α,β-unsaturated/α-hetero) is 1. The van der Waals surface area contributed by atoms with Crippen LogP contribution in [-0.2, 0) is 0 Å². The lowest BCUT2D eigenvalue weighted by Crippen LogP contribution is -2.31. The van der Waals surface area contributed by atoms with Crippen LogP contribution in [0.3, 0.4) is 0 Å². The molecule has 3 nitrogen and oxygen atoms in total. The first kappa shape index (κ1) is 11.7. The van der Waals surface area contributed by atoms with E-state index in [2.05, 4.69) is 16.2 Å². The van der Waals surface area contributed by atoms with Crippen molar-refractivity contribution in [1.82, 2.24) is 9.27 Å². The van der Waals surface area contributed by atoms with Crippen molar-refractivity contribution in [1.29, 1.82) is 0 Å². The van der Waals surface area contributed by atoms with E-state index in [1.165, 1.54) is 24.4 Å². The van der Waals surface area contributed by atoms with Gasteiger partial charge in [-0.3, -0.25) is 4.79 Å². The number of rotatable bonds is 5. The molecular formula is C12H18N2OS. The van der Waals surface area contributed by atoms with Crippen molar-refractivity contribution < 1.29 is 4.79 Å². The summed E-state index contributed by atoms with van der Waals surface area (Å²) in [5.41, 5.74) is 0.649. The Morgan fingerprint density at radius 2 is 2.31 bits per heavy atom. The van der Waals surface area contributed by atoms with Crippen molar-refractivity contribution in [2.75, 3.05) is 19.6 Å². The van der Waals surface area contributed by atoms with Gasteiger partial charge in [-0.25, -0.2) is 0 Å². The minimum absolute atomic E-state index is 0.125. The predicted octanol–water partition coefficient (Wildman–Crippen LogP) is 2.45. The summed E-state index contributed by atoms with van der Waals surface area (Å²) in [6.07, 6.45) is 3.47. The van der Waals surface area contributed by atoms with Crippen LogP contribution < -0.4 is 0 Å². The zero-order chi connectivity index (χ0) is 11.4. The van der Waals surface area contributed by atoms with E-state index >= 15 is 0 Å². The summed E-state index contributed by atoms with van der Waals surface area (Å²) in [6.45, 7) is 5.31. The smallest absolute Gasteiger partial charge is 0.186 e. The van der Waals surface area contributed by atoms with Crippen molar-refractivity contribution in [2.45, 2.75) is 26.2 Å². The molecule has 0 bridgehead atoms. The first-order valence-corrected chi connectivity index (χ1v) is 6.82. The summed E-state index contributed by atoms with van der Waals surface area (Å²) in [5, 5.41) is 1.87. The summed E-state index contributed by atoms with van der Waals surface area (Å²) in [4.78, 5) is 14.5. The molecule has 1 saturated heterocycles. The summed E-state index contributed by atoms with van der Waals surface area (Å²) >= 11 is 1.35. The zero-order valence-corrected chi connectivity index (χ0v) is 10.5. The standard InChI is InChI=1S/C12H18N2OS/c1-2-10(9-14-6-3-4-7-14)12(15)11-5-8-16-13-11/h5,8,10H,2-4,6-7,9H2,1H3. The van der Waals surface area contributed by atoms with Crippen LogP contribution in [0.5, 0.6) is 0 Å². The molecule has 16 heavy (non-hydrogen) atoms. The second-order valence-corrected chi connectivity index (χ2v) is 5.03. The largest absolute Gasteiger partial charge is 0.303 e. The average Bonchev–Trinajstić information content (AvgIpc) is 2.97. The monoisotopic (exact) mass is 238 g/mol. The van der Waals surface area contributed by atoms with Crippen LogP contribution in [-0.4, -0.2) is 34.7 Å². The normalized spacial score (nSPS) is 18.8. The van der Waals surface area contributed by atoms with E-state index in [-0.39, 0.29) is 11.7 Å². The van der Waals surface area contributed by atoms with E-state index in [1.807, 2.05) is 11.4 Å². The highest BCUT2D eigenvalue weighted by atomic mass is 32.1. The third kappa shape index (κ3) is 2.68. The number of likely N-dealkylation sites (tertiary alicyclic amines) is 1. The second-order valence-electron chi connectivity index (χ2n) is 4.36. The van der Waals surface area contributed by atoms with Gasteiger partial charge in [0.15, 0.2) is 5.78 Å². The number of nitrogens with zero attached hydrogens (tertiary/aromatic N) is 2. The number of hydrogen-bond acceptors (Lipinski definition) is 4. The lowest BCUT2D eigenvalue weighted by atomic mass is 9.98. The highest BCUT2D eigenvalue weighted by molar-refractivity contribution is 7.03. The quantitative estimate of drug-likeness (QED) is 0.739. The van der Waals surface area contributed by atoms with Gasteiger partial charge in [0.25, 0.3) is 0 Å². The molecule has 2 rings (SSSR count). The zero-order valence-electron chi connectivity index (χ0n) is 9.69. The Morgan fingerprint density at radius 1 is 1.56 bits per heavy atom. The molecule has 0 amide bonds. The minimum Gasteiger partial charge on any atom is -0.303 e. The SMILES string of the molecule is CCC(CN1CCCC1)C(=O)c1ccsn1. The molecule has 1 fully saturated rings. The molecule has 0 radical (unpaired) electrons. The number of carbonyl (C=O) groups is 1. The fraction of sp³-hybridized carbons (Fsp3) is 0.667. The summed E-state index contributed by atoms with van der Waals surface area (Å²) < 4.78 is 4.13.